The molecule has 0 radical (unpaired) electrons. The molecular weight excluding hydrogens is 252 g/mol. The number of nitrogens with one attached hydrogen (secondary N) is 2. The summed E-state index contributed by atoms with van der Waals surface area (Å²) in [6, 6.07) is 2.51. The predicted octanol–water partition coefficient (Wildman–Crippen LogP) is 3.05. The molecule has 0 spiro atoms. The number of methoxy groups -OCH3 is 1. The molecular formula is C15H26N4O. The van der Waals surface area contributed by atoms with Crippen LogP contribution in [0.3, 0.4) is 0 Å². The third-order valence-electron chi connectivity index (χ3n) is 3.85. The molecule has 1 saturated carbocycles. The van der Waals surface area contributed by atoms with Crippen LogP contribution in [0.15, 0.2) is 6.07 Å². The van der Waals surface area contributed by atoms with E-state index < -0.39 is 0 Å². The molecule has 1 heterocycles. The zero-order valence-electron chi connectivity index (χ0n) is 12.8. The number of hydrogen-bond donors (Lipinski definition) is 2. The van der Waals surface area contributed by atoms with Gasteiger partial charge in [0.2, 0.25) is 0 Å². The molecule has 1 fully saturated rings. The van der Waals surface area contributed by atoms with E-state index in [4.69, 9.17) is 4.74 Å². The number of ether oxygens (including phenoxy) is 1. The van der Waals surface area contributed by atoms with Crippen molar-refractivity contribution in [1.82, 2.24) is 9.97 Å². The van der Waals surface area contributed by atoms with Crippen LogP contribution in [0.4, 0.5) is 11.6 Å². The molecule has 2 rings (SSSR count). The summed E-state index contributed by atoms with van der Waals surface area (Å²) in [5, 5.41) is 6.83. The monoisotopic (exact) mass is 278 g/mol. The SMILES string of the molecule is CCNc1cc(NC2CCCCC2C)nc(COC)n1. The highest BCUT2D eigenvalue weighted by Crippen LogP contribution is 2.26. The van der Waals surface area contributed by atoms with Crippen molar-refractivity contribution in [1.29, 1.82) is 0 Å². The van der Waals surface area contributed by atoms with Crippen molar-refractivity contribution in [3.05, 3.63) is 11.9 Å². The average molecular weight is 278 g/mol. The number of nitrogens with zero attached hydrogens (tertiary/aromatic N) is 2. The molecule has 112 valence electrons. The lowest BCUT2D eigenvalue weighted by Gasteiger charge is -2.30. The first-order valence-electron chi connectivity index (χ1n) is 7.60. The maximum Gasteiger partial charge on any atom is 0.158 e. The van der Waals surface area contributed by atoms with Crippen LogP contribution < -0.4 is 10.6 Å². The van der Waals surface area contributed by atoms with Gasteiger partial charge in [0.15, 0.2) is 5.82 Å². The summed E-state index contributed by atoms with van der Waals surface area (Å²) in [5.74, 6) is 3.19. The van der Waals surface area contributed by atoms with Crippen molar-refractivity contribution in [3.63, 3.8) is 0 Å². The normalized spacial score (nSPS) is 22.6. The van der Waals surface area contributed by atoms with E-state index in [1.807, 2.05) is 6.07 Å². The molecule has 0 aliphatic heterocycles. The Morgan fingerprint density at radius 1 is 1.25 bits per heavy atom. The Morgan fingerprint density at radius 2 is 2.00 bits per heavy atom. The molecule has 0 amide bonds. The van der Waals surface area contributed by atoms with Gasteiger partial charge in [-0.25, -0.2) is 9.97 Å². The van der Waals surface area contributed by atoms with Crippen molar-refractivity contribution < 1.29 is 4.74 Å². The summed E-state index contributed by atoms with van der Waals surface area (Å²) < 4.78 is 5.15. The number of aromatic nitrogens is 2. The fourth-order valence-corrected chi connectivity index (χ4v) is 2.76. The maximum absolute atomic E-state index is 5.15. The van der Waals surface area contributed by atoms with E-state index >= 15 is 0 Å². The van der Waals surface area contributed by atoms with E-state index in [9.17, 15) is 0 Å². The minimum Gasteiger partial charge on any atom is -0.377 e. The summed E-state index contributed by atoms with van der Waals surface area (Å²) >= 11 is 0. The number of anilines is 2. The Hall–Kier alpha value is -1.36. The van der Waals surface area contributed by atoms with Gasteiger partial charge in [0.05, 0.1) is 0 Å². The van der Waals surface area contributed by atoms with Crippen molar-refractivity contribution in [2.75, 3.05) is 24.3 Å². The standard InChI is InChI=1S/C15H26N4O/c1-4-16-13-9-14(19-15(18-13)10-20-3)17-12-8-6-5-7-11(12)2/h9,11-12H,4-8,10H2,1-3H3,(H2,16,17,18,19). The maximum atomic E-state index is 5.15. The Labute approximate surface area is 121 Å². The second-order valence-corrected chi connectivity index (χ2v) is 5.53. The van der Waals surface area contributed by atoms with E-state index in [1.54, 1.807) is 7.11 Å². The van der Waals surface area contributed by atoms with Gasteiger partial charge in [0.25, 0.3) is 0 Å². The predicted molar refractivity (Wildman–Crippen MR) is 82.0 cm³/mol. The second kappa shape index (κ2) is 7.43. The summed E-state index contributed by atoms with van der Waals surface area (Å²) in [7, 11) is 1.67. The Kier molecular flexibility index (Phi) is 5.59. The largest absolute Gasteiger partial charge is 0.377 e. The van der Waals surface area contributed by atoms with Gasteiger partial charge in [-0.3, -0.25) is 0 Å². The van der Waals surface area contributed by atoms with Gasteiger partial charge in [-0.15, -0.1) is 0 Å². The van der Waals surface area contributed by atoms with Gasteiger partial charge in [-0.1, -0.05) is 19.8 Å². The first kappa shape index (κ1) is 15.0. The molecule has 5 heteroatoms. The molecule has 2 atom stereocenters. The highest BCUT2D eigenvalue weighted by molar-refractivity contribution is 5.48. The molecule has 0 bridgehead atoms. The van der Waals surface area contributed by atoms with Crippen molar-refractivity contribution >= 4 is 11.6 Å². The molecule has 0 saturated heterocycles. The fraction of sp³-hybridized carbons (Fsp3) is 0.733. The highest BCUT2D eigenvalue weighted by atomic mass is 16.5. The number of hydrogen-bond acceptors (Lipinski definition) is 5. The van der Waals surface area contributed by atoms with E-state index in [2.05, 4.69) is 34.4 Å². The van der Waals surface area contributed by atoms with Gasteiger partial charge in [-0.2, -0.15) is 0 Å². The molecule has 5 nitrogen and oxygen atoms in total. The quantitative estimate of drug-likeness (QED) is 0.837. The van der Waals surface area contributed by atoms with E-state index in [0.717, 1.165) is 24.0 Å². The molecule has 1 aliphatic carbocycles. The molecule has 20 heavy (non-hydrogen) atoms. The van der Waals surface area contributed by atoms with E-state index in [0.29, 0.717) is 18.6 Å². The first-order chi connectivity index (χ1) is 9.72. The third-order valence-corrected chi connectivity index (χ3v) is 3.85. The van der Waals surface area contributed by atoms with Gasteiger partial charge < -0.3 is 15.4 Å². The van der Waals surface area contributed by atoms with Crippen LogP contribution in [0.1, 0.15) is 45.4 Å². The smallest absolute Gasteiger partial charge is 0.158 e. The third kappa shape index (κ3) is 4.07. The topological polar surface area (TPSA) is 59.1 Å². The zero-order valence-corrected chi connectivity index (χ0v) is 12.8. The summed E-state index contributed by atoms with van der Waals surface area (Å²) in [6.45, 7) is 5.67. The van der Waals surface area contributed by atoms with Crippen LogP contribution in [0, 0.1) is 5.92 Å². The van der Waals surface area contributed by atoms with Crippen molar-refractivity contribution in [3.8, 4) is 0 Å². The van der Waals surface area contributed by atoms with Crippen LogP contribution in [-0.2, 0) is 11.3 Å². The lowest BCUT2D eigenvalue weighted by atomic mass is 9.86. The summed E-state index contributed by atoms with van der Waals surface area (Å²) in [6.07, 6.45) is 5.17. The summed E-state index contributed by atoms with van der Waals surface area (Å²) in [4.78, 5) is 8.98. The van der Waals surface area contributed by atoms with Gasteiger partial charge in [0.1, 0.15) is 18.2 Å². The van der Waals surface area contributed by atoms with Crippen LogP contribution in [0.5, 0.6) is 0 Å². The highest BCUT2D eigenvalue weighted by Gasteiger charge is 2.21. The number of rotatable bonds is 6. The lowest BCUT2D eigenvalue weighted by molar-refractivity contribution is 0.178. The fourth-order valence-electron chi connectivity index (χ4n) is 2.76. The van der Waals surface area contributed by atoms with Crippen LogP contribution in [0.2, 0.25) is 0 Å². The minimum atomic E-state index is 0.439. The van der Waals surface area contributed by atoms with Crippen LogP contribution in [0.25, 0.3) is 0 Å². The van der Waals surface area contributed by atoms with Gasteiger partial charge in [-0.05, 0) is 25.7 Å². The van der Waals surface area contributed by atoms with Gasteiger partial charge in [0, 0.05) is 25.8 Å². The summed E-state index contributed by atoms with van der Waals surface area (Å²) in [5.41, 5.74) is 0. The molecule has 2 unspecified atom stereocenters. The van der Waals surface area contributed by atoms with E-state index in [1.165, 1.54) is 25.7 Å². The zero-order chi connectivity index (χ0) is 14.4. The molecule has 1 aromatic rings. The second-order valence-electron chi connectivity index (χ2n) is 5.53. The van der Waals surface area contributed by atoms with Crippen LogP contribution in [-0.4, -0.2) is 29.7 Å². The van der Waals surface area contributed by atoms with Crippen molar-refractivity contribution in [2.24, 2.45) is 5.92 Å². The average Bonchev–Trinajstić information content (AvgIpc) is 2.42. The Balaban J connectivity index is 2.12. The molecule has 2 N–H and O–H groups in total. The minimum absolute atomic E-state index is 0.439. The molecule has 0 aromatic carbocycles. The van der Waals surface area contributed by atoms with Crippen molar-refractivity contribution in [2.45, 2.75) is 52.2 Å². The Morgan fingerprint density at radius 3 is 2.70 bits per heavy atom. The van der Waals surface area contributed by atoms with Crippen LogP contribution >= 0.6 is 0 Å². The van der Waals surface area contributed by atoms with E-state index in [-0.39, 0.29) is 0 Å². The Bertz CT molecular complexity index is 400. The molecule has 1 aliphatic rings. The van der Waals surface area contributed by atoms with Gasteiger partial charge >= 0.3 is 0 Å². The molecule has 1 aromatic heterocycles. The first-order valence-corrected chi connectivity index (χ1v) is 7.60. The lowest BCUT2D eigenvalue weighted by Crippen LogP contribution is -2.30.